The number of aromatic amines is 1. The van der Waals surface area contributed by atoms with E-state index in [1.165, 1.54) is 18.3 Å². The fourth-order valence-corrected chi connectivity index (χ4v) is 4.14. The minimum absolute atomic E-state index is 0.0198. The number of carbonyl (C=O) groups excluding carboxylic acids is 1. The Balaban J connectivity index is 1.93. The van der Waals surface area contributed by atoms with Crippen LogP contribution in [0.4, 0.5) is 0 Å². The zero-order chi connectivity index (χ0) is 18.3. The average molecular weight is 360 g/mol. The van der Waals surface area contributed by atoms with Crippen molar-refractivity contribution in [3.05, 3.63) is 75.4 Å². The molecular formula is C21H16N2O2S. The number of carbonyl (C=O) groups is 1. The van der Waals surface area contributed by atoms with Gasteiger partial charge in [-0.2, -0.15) is 0 Å². The van der Waals surface area contributed by atoms with Crippen molar-refractivity contribution in [1.29, 1.82) is 0 Å². The average Bonchev–Trinajstić information content (AvgIpc) is 2.99. The molecule has 0 aliphatic rings. The molecule has 0 fully saturated rings. The van der Waals surface area contributed by atoms with Gasteiger partial charge < -0.3 is 4.98 Å². The van der Waals surface area contributed by atoms with Crippen LogP contribution in [0.3, 0.4) is 0 Å². The molecule has 26 heavy (non-hydrogen) atoms. The summed E-state index contributed by atoms with van der Waals surface area (Å²) in [5.74, 6) is 0.458. The number of nitrogens with zero attached hydrogens (tertiary/aromatic N) is 1. The molecule has 0 spiro atoms. The summed E-state index contributed by atoms with van der Waals surface area (Å²) in [4.78, 5) is 33.8. The van der Waals surface area contributed by atoms with Crippen LogP contribution in [0.2, 0.25) is 0 Å². The molecule has 0 saturated carbocycles. The normalized spacial score (nSPS) is 11.0. The number of ketones is 1. The number of fused-ring (bicyclic) bond motifs is 1. The van der Waals surface area contributed by atoms with Crippen molar-refractivity contribution in [2.75, 3.05) is 0 Å². The number of hydrogen-bond donors (Lipinski definition) is 1. The predicted molar refractivity (Wildman–Crippen MR) is 106 cm³/mol. The Morgan fingerprint density at radius 3 is 2.50 bits per heavy atom. The molecule has 0 aliphatic heterocycles. The van der Waals surface area contributed by atoms with Gasteiger partial charge in [0.1, 0.15) is 10.7 Å². The molecule has 0 aliphatic carbocycles. The van der Waals surface area contributed by atoms with Crippen molar-refractivity contribution < 1.29 is 4.79 Å². The van der Waals surface area contributed by atoms with Crippen LogP contribution < -0.4 is 5.56 Å². The van der Waals surface area contributed by atoms with Gasteiger partial charge in [-0.3, -0.25) is 9.59 Å². The Hall–Kier alpha value is -3.05. The van der Waals surface area contributed by atoms with Crippen LogP contribution in [0, 0.1) is 6.92 Å². The standard InChI is InChI=1S/C21H16N2O2S/c1-12(24)15-9-6-10-16(11-15)19-22-20(25)18-17(13(2)26-21(18)23-19)14-7-4-3-5-8-14/h3-11H,1-2H3,(H,22,23,25). The van der Waals surface area contributed by atoms with Crippen molar-refractivity contribution >= 4 is 27.3 Å². The smallest absolute Gasteiger partial charge is 0.260 e. The molecule has 0 amide bonds. The van der Waals surface area contributed by atoms with E-state index < -0.39 is 0 Å². The van der Waals surface area contributed by atoms with E-state index in [0.717, 1.165) is 21.6 Å². The van der Waals surface area contributed by atoms with Gasteiger partial charge in [-0.25, -0.2) is 4.98 Å². The van der Waals surface area contributed by atoms with Crippen LogP contribution in [0.25, 0.3) is 32.7 Å². The Morgan fingerprint density at radius 1 is 1.04 bits per heavy atom. The molecule has 4 rings (SSSR count). The predicted octanol–water partition coefficient (Wildman–Crippen LogP) is 4.83. The number of rotatable bonds is 3. The van der Waals surface area contributed by atoms with Gasteiger partial charge in [-0.15, -0.1) is 11.3 Å². The largest absolute Gasteiger partial charge is 0.306 e. The van der Waals surface area contributed by atoms with Crippen LogP contribution in [0.5, 0.6) is 0 Å². The maximum absolute atomic E-state index is 12.8. The first-order valence-corrected chi connectivity index (χ1v) is 9.06. The van der Waals surface area contributed by atoms with Crippen molar-refractivity contribution in [1.82, 2.24) is 9.97 Å². The Labute approximate surface area is 154 Å². The zero-order valence-corrected chi connectivity index (χ0v) is 15.2. The van der Waals surface area contributed by atoms with Gasteiger partial charge in [0.15, 0.2) is 5.78 Å². The highest BCUT2D eigenvalue weighted by Crippen LogP contribution is 2.36. The third-order valence-electron chi connectivity index (χ3n) is 4.34. The van der Waals surface area contributed by atoms with E-state index in [9.17, 15) is 9.59 Å². The van der Waals surface area contributed by atoms with Crippen molar-refractivity contribution in [2.24, 2.45) is 0 Å². The van der Waals surface area contributed by atoms with E-state index in [2.05, 4.69) is 9.97 Å². The summed E-state index contributed by atoms with van der Waals surface area (Å²) in [5.41, 5.74) is 3.10. The molecular weight excluding hydrogens is 344 g/mol. The lowest BCUT2D eigenvalue weighted by atomic mass is 10.0. The van der Waals surface area contributed by atoms with Crippen LogP contribution >= 0.6 is 11.3 Å². The van der Waals surface area contributed by atoms with Gasteiger partial charge in [0.25, 0.3) is 5.56 Å². The fraction of sp³-hybridized carbons (Fsp3) is 0.0952. The summed E-state index contributed by atoms with van der Waals surface area (Å²) in [6.45, 7) is 3.53. The number of aromatic nitrogens is 2. The summed E-state index contributed by atoms with van der Waals surface area (Å²) < 4.78 is 0. The van der Waals surface area contributed by atoms with Gasteiger partial charge in [0.05, 0.1) is 5.39 Å². The SMILES string of the molecule is CC(=O)c1cccc(-c2nc3sc(C)c(-c4ccccc4)c3c(=O)[nH]2)c1. The van der Waals surface area contributed by atoms with Gasteiger partial charge in [-0.1, -0.05) is 48.5 Å². The number of nitrogens with one attached hydrogen (secondary N) is 1. The van der Waals surface area contributed by atoms with Crippen LogP contribution in [0.15, 0.2) is 59.4 Å². The van der Waals surface area contributed by atoms with Crippen molar-refractivity contribution in [2.45, 2.75) is 13.8 Å². The quantitative estimate of drug-likeness (QED) is 0.532. The molecule has 4 nitrogen and oxygen atoms in total. The van der Waals surface area contributed by atoms with Crippen molar-refractivity contribution in [3.63, 3.8) is 0 Å². The van der Waals surface area contributed by atoms with Crippen LogP contribution in [0.1, 0.15) is 22.2 Å². The first-order chi connectivity index (χ1) is 12.5. The van der Waals surface area contributed by atoms with Gasteiger partial charge in [-0.05, 0) is 25.5 Å². The number of hydrogen-bond acceptors (Lipinski definition) is 4. The summed E-state index contributed by atoms with van der Waals surface area (Å²) in [5, 5.41) is 0.616. The second-order valence-electron chi connectivity index (χ2n) is 6.13. The number of H-pyrrole nitrogens is 1. The lowest BCUT2D eigenvalue weighted by Crippen LogP contribution is -2.09. The molecule has 128 valence electrons. The molecule has 0 radical (unpaired) electrons. The van der Waals surface area contributed by atoms with E-state index in [4.69, 9.17) is 0 Å². The molecule has 2 heterocycles. The lowest BCUT2D eigenvalue weighted by molar-refractivity contribution is 0.101. The molecule has 1 N–H and O–H groups in total. The summed E-state index contributed by atoms with van der Waals surface area (Å²) in [7, 11) is 0. The van der Waals surface area contributed by atoms with E-state index >= 15 is 0 Å². The fourth-order valence-electron chi connectivity index (χ4n) is 3.09. The number of benzene rings is 2. The maximum Gasteiger partial charge on any atom is 0.260 e. The maximum atomic E-state index is 12.8. The minimum Gasteiger partial charge on any atom is -0.306 e. The van der Waals surface area contributed by atoms with Gasteiger partial charge >= 0.3 is 0 Å². The topological polar surface area (TPSA) is 62.8 Å². The van der Waals surface area contributed by atoms with E-state index in [1.54, 1.807) is 18.2 Å². The monoisotopic (exact) mass is 360 g/mol. The van der Waals surface area contributed by atoms with Crippen LogP contribution in [-0.2, 0) is 0 Å². The Morgan fingerprint density at radius 2 is 1.77 bits per heavy atom. The van der Waals surface area contributed by atoms with E-state index in [0.29, 0.717) is 21.6 Å². The van der Waals surface area contributed by atoms with E-state index in [-0.39, 0.29) is 11.3 Å². The first kappa shape index (κ1) is 16.4. The van der Waals surface area contributed by atoms with Crippen molar-refractivity contribution in [3.8, 4) is 22.5 Å². The summed E-state index contributed by atoms with van der Waals surface area (Å²) in [6.07, 6.45) is 0. The lowest BCUT2D eigenvalue weighted by Gasteiger charge is -2.04. The highest BCUT2D eigenvalue weighted by molar-refractivity contribution is 7.19. The molecule has 2 aromatic heterocycles. The molecule has 5 heteroatoms. The molecule has 0 bridgehead atoms. The molecule has 0 saturated heterocycles. The molecule has 2 aromatic carbocycles. The highest BCUT2D eigenvalue weighted by Gasteiger charge is 2.17. The highest BCUT2D eigenvalue weighted by atomic mass is 32.1. The minimum atomic E-state index is -0.165. The third kappa shape index (κ3) is 2.76. The summed E-state index contributed by atoms with van der Waals surface area (Å²) >= 11 is 1.51. The number of aryl methyl sites for hydroxylation is 1. The summed E-state index contributed by atoms with van der Waals surface area (Å²) in [6, 6.07) is 17.0. The Bertz CT molecular complexity index is 1190. The van der Waals surface area contributed by atoms with Gasteiger partial charge in [0.2, 0.25) is 0 Å². The van der Waals surface area contributed by atoms with E-state index in [1.807, 2.05) is 43.3 Å². The molecule has 4 aromatic rings. The third-order valence-corrected chi connectivity index (χ3v) is 5.34. The van der Waals surface area contributed by atoms with Gasteiger partial charge in [0, 0.05) is 21.6 Å². The Kier molecular flexibility index (Phi) is 4.01. The molecule has 0 atom stereocenters. The first-order valence-electron chi connectivity index (χ1n) is 8.25. The number of Topliss-reactive ketones (excluding diaryl/α,β-unsaturated/α-hetero) is 1. The van der Waals surface area contributed by atoms with Crippen LogP contribution in [-0.4, -0.2) is 15.8 Å². The second-order valence-corrected chi connectivity index (χ2v) is 7.33. The zero-order valence-electron chi connectivity index (χ0n) is 14.4. The molecule has 0 unspecified atom stereocenters. The number of thiophene rings is 1. The second kappa shape index (κ2) is 6.35.